The number of nitrogens with one attached hydrogen (secondary N) is 1. The molecule has 0 aliphatic carbocycles. The molecular weight excluding hydrogens is 414 g/mol. The number of nitriles is 1. The Kier molecular flexibility index (Phi) is 7.08. The molecule has 0 saturated carbocycles. The number of methoxy groups -OCH3 is 1. The highest BCUT2D eigenvalue weighted by Crippen LogP contribution is 2.46. The lowest BCUT2D eigenvalue weighted by molar-refractivity contribution is -0.147. The zero-order valence-electron chi connectivity index (χ0n) is 19.7. The van der Waals surface area contributed by atoms with Gasteiger partial charge in [0.15, 0.2) is 0 Å². The van der Waals surface area contributed by atoms with Crippen LogP contribution in [-0.4, -0.2) is 43.0 Å². The summed E-state index contributed by atoms with van der Waals surface area (Å²) < 4.78 is 15.9. The monoisotopic (exact) mass is 445 g/mol. The summed E-state index contributed by atoms with van der Waals surface area (Å²) in [5.41, 5.74) is -1.35. The van der Waals surface area contributed by atoms with E-state index in [1.165, 1.54) is 12.0 Å². The molecule has 0 fully saturated rings. The summed E-state index contributed by atoms with van der Waals surface area (Å²) in [5, 5.41) is 11.8. The third kappa shape index (κ3) is 5.69. The highest BCUT2D eigenvalue weighted by Gasteiger charge is 2.51. The summed E-state index contributed by atoms with van der Waals surface area (Å²) in [5.74, 6) is -0.548. The number of fused-ring (bicyclic) bond motifs is 1. The lowest BCUT2D eigenvalue weighted by atomic mass is 9.78. The van der Waals surface area contributed by atoms with Crippen molar-refractivity contribution in [1.29, 1.82) is 5.26 Å². The molecule has 1 aliphatic rings. The van der Waals surface area contributed by atoms with Crippen molar-refractivity contribution in [2.45, 2.75) is 71.0 Å². The Labute approximate surface area is 188 Å². The van der Waals surface area contributed by atoms with Crippen LogP contribution in [0.5, 0.6) is 0 Å². The maximum Gasteiger partial charge on any atom is 0.414 e. The molecule has 1 N–H and O–H groups in total. The summed E-state index contributed by atoms with van der Waals surface area (Å²) in [7, 11) is 1.27. The average molecular weight is 446 g/mol. The standard InChI is InChI=1S/C23H31N3O6/c1-21(2,3)31-19(28)25-15-9-10-16-17(13-15)26(20(29)32-22(4,5)6)14-23(16,11-8-12-24)18(27)30-7/h9-10,13H,8,11,14H2,1-7H3,(H,25,28). The van der Waals surface area contributed by atoms with E-state index in [9.17, 15) is 14.4 Å². The third-order valence-electron chi connectivity index (χ3n) is 4.73. The van der Waals surface area contributed by atoms with E-state index >= 15 is 0 Å². The Morgan fingerprint density at radius 1 is 1.12 bits per heavy atom. The van der Waals surface area contributed by atoms with E-state index in [0.29, 0.717) is 16.9 Å². The smallest absolute Gasteiger partial charge is 0.414 e. The fourth-order valence-corrected chi connectivity index (χ4v) is 3.53. The maximum atomic E-state index is 13.0. The SMILES string of the molecule is COC(=O)C1(CCC#N)CN(C(=O)OC(C)(C)C)c2cc(NC(=O)OC(C)(C)C)ccc21. The molecular formula is C23H31N3O6. The van der Waals surface area contributed by atoms with Crippen LogP contribution in [-0.2, 0) is 24.4 Å². The molecule has 1 unspecified atom stereocenters. The number of carbonyl (C=O) groups excluding carboxylic acids is 3. The Bertz CT molecular complexity index is 939. The summed E-state index contributed by atoms with van der Waals surface area (Å²) >= 11 is 0. The van der Waals surface area contributed by atoms with Crippen molar-refractivity contribution < 1.29 is 28.6 Å². The Morgan fingerprint density at radius 3 is 2.28 bits per heavy atom. The first-order chi connectivity index (χ1) is 14.7. The van der Waals surface area contributed by atoms with Crippen molar-refractivity contribution in [1.82, 2.24) is 0 Å². The lowest BCUT2D eigenvalue weighted by Crippen LogP contribution is -2.44. The van der Waals surface area contributed by atoms with Crippen LogP contribution in [0.3, 0.4) is 0 Å². The molecule has 1 atom stereocenters. The summed E-state index contributed by atoms with van der Waals surface area (Å²) in [4.78, 5) is 39.4. The van der Waals surface area contributed by atoms with Gasteiger partial charge in [0.2, 0.25) is 0 Å². The van der Waals surface area contributed by atoms with Crippen molar-refractivity contribution in [3.05, 3.63) is 23.8 Å². The van der Waals surface area contributed by atoms with Crippen LogP contribution < -0.4 is 10.2 Å². The number of benzene rings is 1. The van der Waals surface area contributed by atoms with Gasteiger partial charge >= 0.3 is 18.2 Å². The number of hydrogen-bond acceptors (Lipinski definition) is 7. The van der Waals surface area contributed by atoms with Gasteiger partial charge in [0, 0.05) is 18.7 Å². The van der Waals surface area contributed by atoms with Gasteiger partial charge in [0.05, 0.1) is 18.9 Å². The zero-order valence-corrected chi connectivity index (χ0v) is 19.7. The average Bonchev–Trinajstić information content (AvgIpc) is 2.98. The topological polar surface area (TPSA) is 118 Å². The van der Waals surface area contributed by atoms with Gasteiger partial charge < -0.3 is 14.2 Å². The second-order valence-corrected chi connectivity index (χ2v) is 9.66. The van der Waals surface area contributed by atoms with Gasteiger partial charge in [-0.25, -0.2) is 9.59 Å². The molecule has 9 heteroatoms. The summed E-state index contributed by atoms with van der Waals surface area (Å²) in [6.45, 7) is 10.4. The van der Waals surface area contributed by atoms with Crippen LogP contribution in [0.15, 0.2) is 18.2 Å². The summed E-state index contributed by atoms with van der Waals surface area (Å²) in [6.07, 6.45) is -1.03. The van der Waals surface area contributed by atoms with E-state index in [1.54, 1.807) is 59.7 Å². The number of esters is 1. The second kappa shape index (κ2) is 9.07. The van der Waals surface area contributed by atoms with Gasteiger partial charge in [-0.15, -0.1) is 0 Å². The van der Waals surface area contributed by atoms with Crippen molar-refractivity contribution in [3.8, 4) is 6.07 Å². The minimum atomic E-state index is -1.22. The van der Waals surface area contributed by atoms with E-state index in [4.69, 9.17) is 19.5 Å². The van der Waals surface area contributed by atoms with Gasteiger partial charge in [-0.1, -0.05) is 6.07 Å². The molecule has 0 spiro atoms. The Hall–Kier alpha value is -3.28. The summed E-state index contributed by atoms with van der Waals surface area (Å²) in [6, 6.07) is 6.91. The lowest BCUT2D eigenvalue weighted by Gasteiger charge is -2.28. The second-order valence-electron chi connectivity index (χ2n) is 9.66. The number of rotatable bonds is 4. The fourth-order valence-electron chi connectivity index (χ4n) is 3.53. The van der Waals surface area contributed by atoms with Crippen molar-refractivity contribution >= 4 is 29.5 Å². The number of ether oxygens (including phenoxy) is 3. The minimum absolute atomic E-state index is 0.0402. The number of hydrogen-bond donors (Lipinski definition) is 1. The van der Waals surface area contributed by atoms with E-state index in [1.807, 2.05) is 0 Å². The molecule has 1 aromatic carbocycles. The van der Waals surface area contributed by atoms with Crippen molar-refractivity contribution in [3.63, 3.8) is 0 Å². The number of anilines is 2. The minimum Gasteiger partial charge on any atom is -0.468 e. The number of carbonyl (C=O) groups is 3. The molecule has 0 bridgehead atoms. The molecule has 0 aromatic heterocycles. The highest BCUT2D eigenvalue weighted by molar-refractivity contribution is 5.99. The predicted octanol–water partition coefficient (Wildman–Crippen LogP) is 4.50. The molecule has 32 heavy (non-hydrogen) atoms. The zero-order chi connectivity index (χ0) is 24.3. The van der Waals surface area contributed by atoms with Gasteiger partial charge in [-0.3, -0.25) is 15.0 Å². The molecule has 0 radical (unpaired) electrons. The molecule has 2 amide bonds. The van der Waals surface area contributed by atoms with Crippen LogP contribution in [0.1, 0.15) is 59.9 Å². The molecule has 2 rings (SSSR count). The Balaban J connectivity index is 2.52. The van der Waals surface area contributed by atoms with E-state index in [0.717, 1.165) is 0 Å². The number of nitrogens with zero attached hydrogens (tertiary/aromatic N) is 2. The van der Waals surface area contributed by atoms with Gasteiger partial charge in [-0.05, 0) is 65.7 Å². The highest BCUT2D eigenvalue weighted by atomic mass is 16.6. The largest absolute Gasteiger partial charge is 0.468 e. The first kappa shape index (κ1) is 25.0. The maximum absolute atomic E-state index is 13.0. The molecule has 1 aliphatic heterocycles. The van der Waals surface area contributed by atoms with Crippen molar-refractivity contribution in [2.24, 2.45) is 0 Å². The molecule has 9 nitrogen and oxygen atoms in total. The quantitative estimate of drug-likeness (QED) is 0.535. The third-order valence-corrected chi connectivity index (χ3v) is 4.73. The molecule has 174 valence electrons. The van der Waals surface area contributed by atoms with Crippen molar-refractivity contribution in [2.75, 3.05) is 23.9 Å². The fraction of sp³-hybridized carbons (Fsp3) is 0.565. The first-order valence-electron chi connectivity index (χ1n) is 10.3. The predicted molar refractivity (Wildman–Crippen MR) is 118 cm³/mol. The first-order valence-corrected chi connectivity index (χ1v) is 10.3. The van der Waals surface area contributed by atoms with Crippen LogP contribution in [0.2, 0.25) is 0 Å². The molecule has 1 aromatic rings. The van der Waals surface area contributed by atoms with Crippen LogP contribution >= 0.6 is 0 Å². The van der Waals surface area contributed by atoms with Crippen LogP contribution in [0.25, 0.3) is 0 Å². The Morgan fingerprint density at radius 2 is 1.75 bits per heavy atom. The van der Waals surface area contributed by atoms with Crippen LogP contribution in [0, 0.1) is 11.3 Å². The van der Waals surface area contributed by atoms with Gasteiger partial charge in [-0.2, -0.15) is 5.26 Å². The molecule has 1 heterocycles. The van der Waals surface area contributed by atoms with Crippen LogP contribution in [0.4, 0.5) is 21.0 Å². The molecule has 0 saturated heterocycles. The normalized spacial score (nSPS) is 17.8. The van der Waals surface area contributed by atoms with Gasteiger partial charge in [0.1, 0.15) is 16.6 Å². The van der Waals surface area contributed by atoms with E-state index in [2.05, 4.69) is 11.4 Å². The van der Waals surface area contributed by atoms with E-state index in [-0.39, 0.29) is 19.4 Å². The van der Waals surface area contributed by atoms with Gasteiger partial charge in [0.25, 0.3) is 0 Å². The number of amides is 2. The van der Waals surface area contributed by atoms with E-state index < -0.39 is 34.8 Å².